The van der Waals surface area contributed by atoms with E-state index < -0.39 is 35.8 Å². The molecule has 1 aromatic heterocycles. The number of carbonyl (C=O) groups is 3. The zero-order valence-corrected chi connectivity index (χ0v) is 23.0. The van der Waals surface area contributed by atoms with Gasteiger partial charge in [0.15, 0.2) is 0 Å². The van der Waals surface area contributed by atoms with Crippen molar-refractivity contribution in [1.29, 1.82) is 0 Å². The molecule has 0 aliphatic carbocycles. The van der Waals surface area contributed by atoms with Gasteiger partial charge in [0.25, 0.3) is 0 Å². The zero-order chi connectivity index (χ0) is 29.8. The predicted molar refractivity (Wildman–Crippen MR) is 150 cm³/mol. The van der Waals surface area contributed by atoms with Crippen molar-refractivity contribution in [2.24, 2.45) is 0 Å². The van der Waals surface area contributed by atoms with Crippen LogP contribution in [0.2, 0.25) is 5.02 Å². The number of carbonyl (C=O) groups excluding carboxylic acids is 3. The topological polar surface area (TPSA) is 145 Å². The summed E-state index contributed by atoms with van der Waals surface area (Å²) in [6.07, 6.45) is 1.42. The van der Waals surface area contributed by atoms with Crippen molar-refractivity contribution in [2.75, 3.05) is 38.7 Å². The van der Waals surface area contributed by atoms with Gasteiger partial charge in [-0.3, -0.25) is 5.32 Å². The first-order valence-electron chi connectivity index (χ1n) is 12.7. The number of aromatic nitrogens is 1. The lowest BCUT2D eigenvalue weighted by Crippen LogP contribution is -2.46. The van der Waals surface area contributed by atoms with E-state index in [9.17, 15) is 23.2 Å². The van der Waals surface area contributed by atoms with Crippen molar-refractivity contribution >= 4 is 46.3 Å². The first-order valence-corrected chi connectivity index (χ1v) is 13.1. The monoisotopic (exact) mass is 592 g/mol. The van der Waals surface area contributed by atoms with Crippen LogP contribution >= 0.6 is 11.6 Å². The highest BCUT2D eigenvalue weighted by Crippen LogP contribution is 2.20. The normalized spacial score (nSPS) is 11.4. The average molecular weight is 593 g/mol. The van der Waals surface area contributed by atoms with Gasteiger partial charge in [0.1, 0.15) is 24.1 Å². The van der Waals surface area contributed by atoms with Gasteiger partial charge < -0.3 is 30.7 Å². The summed E-state index contributed by atoms with van der Waals surface area (Å²) in [7, 11) is 1.51. The lowest BCUT2D eigenvalue weighted by atomic mass is 10.1. The number of ether oxygens (including phenoxy) is 1. The standard InChI is InChI=1S/C27H31ClF2N6O5/c1-36(26(39)34-15-18-4-2-6-22(30)24(18)28)21(5-3-9-31-25(38)32-10-11-37)16-41-27(40)35-23-13-19-12-20(29)8-7-17(19)14-33-23/h2,4,6-8,12-14,21,37H,3,5,9-11,15-16H2,1H3,(H,34,39)(H2,31,32,38)(H,33,35,40)/t21-/m0/s1. The summed E-state index contributed by atoms with van der Waals surface area (Å²) in [5.74, 6) is -0.882. The lowest BCUT2D eigenvalue weighted by Gasteiger charge is -2.28. The molecule has 14 heteroatoms. The molecule has 1 heterocycles. The molecule has 0 saturated heterocycles. The number of benzene rings is 2. The summed E-state index contributed by atoms with van der Waals surface area (Å²) in [6, 6.07) is 8.38. The molecule has 1 atom stereocenters. The summed E-state index contributed by atoms with van der Waals surface area (Å²) in [4.78, 5) is 42.5. The maximum Gasteiger partial charge on any atom is 0.412 e. The number of rotatable bonds is 12. The molecule has 0 fully saturated rings. The molecule has 0 unspecified atom stereocenters. The van der Waals surface area contributed by atoms with E-state index in [1.54, 1.807) is 12.1 Å². The smallest absolute Gasteiger partial charge is 0.412 e. The number of pyridine rings is 1. The van der Waals surface area contributed by atoms with Crippen molar-refractivity contribution in [3.63, 3.8) is 0 Å². The number of nitrogens with zero attached hydrogens (tertiary/aromatic N) is 2. The van der Waals surface area contributed by atoms with E-state index in [2.05, 4.69) is 26.3 Å². The minimum atomic E-state index is -0.833. The minimum Gasteiger partial charge on any atom is -0.447 e. The van der Waals surface area contributed by atoms with Gasteiger partial charge in [0.05, 0.1) is 17.7 Å². The number of amides is 5. The zero-order valence-electron chi connectivity index (χ0n) is 22.3. The molecular formula is C27H31ClF2N6O5. The van der Waals surface area contributed by atoms with Gasteiger partial charge >= 0.3 is 18.2 Å². The van der Waals surface area contributed by atoms with Gasteiger partial charge in [-0.25, -0.2) is 28.1 Å². The molecular weight excluding hydrogens is 562 g/mol. The first-order chi connectivity index (χ1) is 19.7. The quantitative estimate of drug-likeness (QED) is 0.201. The fourth-order valence-electron chi connectivity index (χ4n) is 3.80. The number of urea groups is 2. The Balaban J connectivity index is 1.59. The Morgan fingerprint density at radius 3 is 2.63 bits per heavy atom. The fourth-order valence-corrected chi connectivity index (χ4v) is 3.99. The molecule has 220 valence electrons. The van der Waals surface area contributed by atoms with Crippen molar-refractivity contribution in [1.82, 2.24) is 25.8 Å². The van der Waals surface area contributed by atoms with Crippen LogP contribution in [-0.4, -0.2) is 72.5 Å². The number of aliphatic hydroxyl groups excluding tert-OH is 1. The van der Waals surface area contributed by atoms with Crippen molar-refractivity contribution in [2.45, 2.75) is 25.4 Å². The molecule has 0 radical (unpaired) electrons. The minimum absolute atomic E-state index is 0.0331. The molecule has 5 N–H and O–H groups in total. The van der Waals surface area contributed by atoms with Crippen molar-refractivity contribution in [3.8, 4) is 0 Å². The Labute approximate surface area is 240 Å². The van der Waals surface area contributed by atoms with Crippen molar-refractivity contribution in [3.05, 3.63) is 70.9 Å². The van der Waals surface area contributed by atoms with E-state index >= 15 is 0 Å². The lowest BCUT2D eigenvalue weighted by molar-refractivity contribution is 0.113. The molecule has 0 aliphatic heterocycles. The van der Waals surface area contributed by atoms with Gasteiger partial charge in [-0.1, -0.05) is 23.7 Å². The molecule has 0 spiro atoms. The number of hydrogen-bond donors (Lipinski definition) is 5. The molecule has 3 aromatic rings. The third-order valence-corrected chi connectivity index (χ3v) is 6.47. The second-order valence-corrected chi connectivity index (χ2v) is 9.35. The highest BCUT2D eigenvalue weighted by atomic mass is 35.5. The van der Waals surface area contributed by atoms with Gasteiger partial charge in [-0.05, 0) is 54.1 Å². The second kappa shape index (κ2) is 15.5. The summed E-state index contributed by atoms with van der Waals surface area (Å²) in [6.45, 7) is -0.0617. The van der Waals surface area contributed by atoms with Crippen LogP contribution in [0.25, 0.3) is 10.8 Å². The Hall–Kier alpha value is -4.23. The Morgan fingerprint density at radius 1 is 1.07 bits per heavy atom. The summed E-state index contributed by atoms with van der Waals surface area (Å²) in [5.41, 5.74) is 0.390. The number of fused-ring (bicyclic) bond motifs is 1. The van der Waals surface area contributed by atoms with Crippen LogP contribution < -0.4 is 21.3 Å². The number of anilines is 1. The summed E-state index contributed by atoms with van der Waals surface area (Å²) in [5, 5.41) is 20.2. The van der Waals surface area contributed by atoms with Crippen LogP contribution in [0.1, 0.15) is 18.4 Å². The van der Waals surface area contributed by atoms with Gasteiger partial charge in [0, 0.05) is 38.3 Å². The van der Waals surface area contributed by atoms with E-state index in [1.165, 1.54) is 48.5 Å². The summed E-state index contributed by atoms with van der Waals surface area (Å²) < 4.78 is 32.7. The van der Waals surface area contributed by atoms with Crippen LogP contribution in [0.15, 0.2) is 48.7 Å². The molecule has 0 bridgehead atoms. The van der Waals surface area contributed by atoms with Gasteiger partial charge in [0.2, 0.25) is 0 Å². The Kier molecular flexibility index (Phi) is 11.9. The van der Waals surface area contributed by atoms with E-state index in [-0.39, 0.29) is 43.7 Å². The Bertz CT molecular complexity index is 1370. The maximum atomic E-state index is 13.7. The largest absolute Gasteiger partial charge is 0.447 e. The maximum absolute atomic E-state index is 13.7. The fraction of sp³-hybridized carbons (Fsp3) is 0.333. The second-order valence-electron chi connectivity index (χ2n) is 8.97. The Morgan fingerprint density at radius 2 is 1.85 bits per heavy atom. The van der Waals surface area contributed by atoms with E-state index in [4.69, 9.17) is 21.4 Å². The number of halogens is 3. The molecule has 5 amide bonds. The highest BCUT2D eigenvalue weighted by molar-refractivity contribution is 6.31. The van der Waals surface area contributed by atoms with Gasteiger partial charge in [-0.2, -0.15) is 0 Å². The number of nitrogens with one attached hydrogen (secondary N) is 4. The van der Waals surface area contributed by atoms with E-state index in [1.807, 2.05) is 0 Å². The molecule has 2 aromatic carbocycles. The van der Waals surface area contributed by atoms with Crippen LogP contribution in [0.3, 0.4) is 0 Å². The van der Waals surface area contributed by atoms with Crippen LogP contribution in [0, 0.1) is 11.6 Å². The average Bonchev–Trinajstić information content (AvgIpc) is 2.95. The van der Waals surface area contributed by atoms with Gasteiger partial charge in [-0.15, -0.1) is 0 Å². The van der Waals surface area contributed by atoms with Crippen molar-refractivity contribution < 1.29 is 33.0 Å². The third-order valence-electron chi connectivity index (χ3n) is 6.05. The molecule has 0 aliphatic rings. The SMILES string of the molecule is CN(C(=O)NCc1cccc(F)c1Cl)[C@@H](CCCNC(=O)NCCO)COC(=O)Nc1cc2cc(F)ccc2cn1. The molecule has 0 saturated carbocycles. The predicted octanol–water partition coefficient (Wildman–Crippen LogP) is 4.00. The number of aliphatic hydroxyl groups is 1. The van der Waals surface area contributed by atoms with Crippen LogP contribution in [-0.2, 0) is 11.3 Å². The first kappa shape index (κ1) is 31.3. The van der Waals surface area contributed by atoms with E-state index in [0.717, 1.165) is 0 Å². The molecule has 11 nitrogen and oxygen atoms in total. The van der Waals surface area contributed by atoms with Crippen LogP contribution in [0.5, 0.6) is 0 Å². The highest BCUT2D eigenvalue weighted by Gasteiger charge is 2.22. The number of hydrogen-bond acceptors (Lipinski definition) is 6. The molecule has 3 rings (SSSR count). The van der Waals surface area contributed by atoms with E-state index in [0.29, 0.717) is 29.2 Å². The molecule has 41 heavy (non-hydrogen) atoms. The van der Waals surface area contributed by atoms with Crippen LogP contribution in [0.4, 0.5) is 29.0 Å². The third kappa shape index (κ3) is 9.72. The number of likely N-dealkylation sites (N-methyl/N-ethyl adjacent to an activating group) is 1. The summed E-state index contributed by atoms with van der Waals surface area (Å²) >= 11 is 5.97.